The Balaban J connectivity index is 2.22. The van der Waals surface area contributed by atoms with E-state index in [2.05, 4.69) is 10.3 Å². The summed E-state index contributed by atoms with van der Waals surface area (Å²) in [6.45, 7) is 1.45. The highest BCUT2D eigenvalue weighted by molar-refractivity contribution is 6.10. The Morgan fingerprint density at radius 3 is 2.29 bits per heavy atom. The smallest absolute Gasteiger partial charge is 0.338 e. The zero-order chi connectivity index (χ0) is 15.4. The van der Waals surface area contributed by atoms with Crippen molar-refractivity contribution < 1.29 is 19.5 Å². The van der Waals surface area contributed by atoms with Crippen molar-refractivity contribution in [3.8, 4) is 0 Å². The molecule has 0 atom stereocenters. The minimum atomic E-state index is -1.22. The first-order chi connectivity index (χ1) is 9.99. The summed E-state index contributed by atoms with van der Waals surface area (Å²) < 4.78 is 0. The number of benzene rings is 1. The number of carboxylic acids is 1. The summed E-state index contributed by atoms with van der Waals surface area (Å²) in [5.41, 5.74) is 0.852. The van der Waals surface area contributed by atoms with E-state index in [-0.39, 0.29) is 16.9 Å². The zero-order valence-corrected chi connectivity index (χ0v) is 11.2. The van der Waals surface area contributed by atoms with Gasteiger partial charge >= 0.3 is 5.97 Å². The summed E-state index contributed by atoms with van der Waals surface area (Å²) in [5.74, 6) is -1.85. The van der Waals surface area contributed by atoms with Crippen LogP contribution in [0.25, 0.3) is 0 Å². The number of pyridine rings is 1. The van der Waals surface area contributed by atoms with Crippen LogP contribution in [0.4, 0.5) is 5.69 Å². The van der Waals surface area contributed by atoms with Gasteiger partial charge in [-0.3, -0.25) is 14.6 Å². The van der Waals surface area contributed by atoms with Gasteiger partial charge in [-0.15, -0.1) is 0 Å². The first kappa shape index (κ1) is 14.4. The van der Waals surface area contributed by atoms with Gasteiger partial charge in [0.15, 0.2) is 5.78 Å². The third kappa shape index (κ3) is 3.30. The van der Waals surface area contributed by atoms with E-state index < -0.39 is 11.9 Å². The quantitative estimate of drug-likeness (QED) is 0.839. The van der Waals surface area contributed by atoms with Crippen molar-refractivity contribution >= 4 is 23.3 Å². The topological polar surface area (TPSA) is 96.4 Å². The van der Waals surface area contributed by atoms with Crippen molar-refractivity contribution in [2.75, 3.05) is 5.32 Å². The molecular formula is C15H12N2O4. The van der Waals surface area contributed by atoms with E-state index >= 15 is 0 Å². The lowest BCUT2D eigenvalue weighted by molar-refractivity contribution is 0.0692. The summed E-state index contributed by atoms with van der Waals surface area (Å²) in [6.07, 6.45) is 2.47. The fraction of sp³-hybridized carbons (Fsp3) is 0.0667. The van der Waals surface area contributed by atoms with Gasteiger partial charge in [-0.05, 0) is 37.3 Å². The number of carboxylic acid groups (broad SMARTS) is 1. The predicted molar refractivity (Wildman–Crippen MR) is 75.6 cm³/mol. The molecule has 2 rings (SSSR count). The Morgan fingerprint density at radius 1 is 1.05 bits per heavy atom. The van der Waals surface area contributed by atoms with E-state index in [1.165, 1.54) is 19.2 Å². The first-order valence-electron chi connectivity index (χ1n) is 6.08. The zero-order valence-electron chi connectivity index (χ0n) is 11.2. The molecule has 0 bridgehead atoms. The molecule has 1 aromatic carbocycles. The molecule has 0 saturated carbocycles. The van der Waals surface area contributed by atoms with E-state index in [4.69, 9.17) is 5.11 Å². The van der Waals surface area contributed by atoms with Crippen LogP contribution < -0.4 is 5.32 Å². The molecule has 0 aliphatic rings. The highest BCUT2D eigenvalue weighted by Gasteiger charge is 2.16. The number of ketones is 1. The predicted octanol–water partition coefficient (Wildman–Crippen LogP) is 2.23. The van der Waals surface area contributed by atoms with Crippen molar-refractivity contribution in [2.24, 2.45) is 0 Å². The number of nitrogens with zero attached hydrogens (tertiary/aromatic N) is 1. The van der Waals surface area contributed by atoms with Gasteiger partial charge in [-0.1, -0.05) is 0 Å². The lowest BCUT2D eigenvalue weighted by Gasteiger charge is -2.07. The Labute approximate surface area is 120 Å². The number of anilines is 1. The van der Waals surface area contributed by atoms with Crippen molar-refractivity contribution in [2.45, 2.75) is 6.92 Å². The number of carbonyl (C=O) groups excluding carboxylic acids is 2. The van der Waals surface area contributed by atoms with E-state index in [0.29, 0.717) is 11.3 Å². The minimum absolute atomic E-state index is 0.0214. The Hall–Kier alpha value is -3.02. The molecular weight excluding hydrogens is 272 g/mol. The number of amides is 1. The number of aromatic nitrogens is 1. The maximum Gasteiger partial charge on any atom is 0.338 e. The number of Topliss-reactive ketones (excluding diaryl/α,β-unsaturated/α-hetero) is 1. The maximum atomic E-state index is 12.1. The number of hydrogen-bond donors (Lipinski definition) is 2. The Kier molecular flexibility index (Phi) is 4.08. The third-order valence-electron chi connectivity index (χ3n) is 2.85. The fourth-order valence-electron chi connectivity index (χ4n) is 1.75. The molecule has 0 aliphatic carbocycles. The molecule has 0 unspecified atom stereocenters. The van der Waals surface area contributed by atoms with Crippen LogP contribution >= 0.6 is 0 Å². The average molecular weight is 284 g/mol. The molecule has 6 heteroatoms. The number of nitrogens with one attached hydrogen (secondary N) is 1. The molecule has 106 valence electrons. The molecule has 21 heavy (non-hydrogen) atoms. The average Bonchev–Trinajstić information content (AvgIpc) is 2.47. The van der Waals surface area contributed by atoms with Gasteiger partial charge in [-0.25, -0.2) is 4.79 Å². The minimum Gasteiger partial charge on any atom is -0.478 e. The van der Waals surface area contributed by atoms with Gasteiger partial charge in [0.2, 0.25) is 0 Å². The Bertz CT molecular complexity index is 708. The maximum absolute atomic E-state index is 12.1. The molecule has 0 spiro atoms. The summed E-state index contributed by atoms with van der Waals surface area (Å²) in [7, 11) is 0. The lowest BCUT2D eigenvalue weighted by Crippen LogP contribution is -2.16. The summed E-state index contributed by atoms with van der Waals surface area (Å²) in [5, 5.41) is 11.6. The van der Waals surface area contributed by atoms with Crippen molar-refractivity contribution in [3.05, 3.63) is 59.4 Å². The van der Waals surface area contributed by atoms with E-state index in [1.807, 2.05) is 0 Å². The number of rotatable bonds is 4. The van der Waals surface area contributed by atoms with Crippen LogP contribution in [0.2, 0.25) is 0 Å². The van der Waals surface area contributed by atoms with Gasteiger partial charge in [0.05, 0.1) is 11.1 Å². The summed E-state index contributed by atoms with van der Waals surface area (Å²) in [6, 6.07) is 7.67. The standard InChI is InChI=1S/C15H12N2O4/c1-9(18)10-2-4-11(5-3-10)17-14(19)12-6-7-16-8-13(12)15(20)21/h2-8H,1H3,(H,17,19)(H,20,21). The normalized spacial score (nSPS) is 9.95. The lowest BCUT2D eigenvalue weighted by atomic mass is 10.1. The first-order valence-corrected chi connectivity index (χ1v) is 6.08. The van der Waals surface area contributed by atoms with Gasteiger partial charge in [0.1, 0.15) is 0 Å². The van der Waals surface area contributed by atoms with Crippen LogP contribution in [-0.2, 0) is 0 Å². The van der Waals surface area contributed by atoms with E-state index in [0.717, 1.165) is 6.20 Å². The van der Waals surface area contributed by atoms with Crippen molar-refractivity contribution in [1.82, 2.24) is 4.98 Å². The second-order valence-corrected chi connectivity index (χ2v) is 4.31. The van der Waals surface area contributed by atoms with Crippen molar-refractivity contribution in [1.29, 1.82) is 0 Å². The number of carbonyl (C=O) groups is 3. The second kappa shape index (κ2) is 5.96. The second-order valence-electron chi connectivity index (χ2n) is 4.31. The molecule has 0 fully saturated rings. The van der Waals surface area contributed by atoms with E-state index in [9.17, 15) is 14.4 Å². The SMILES string of the molecule is CC(=O)c1ccc(NC(=O)c2ccncc2C(=O)O)cc1. The molecule has 6 nitrogen and oxygen atoms in total. The van der Waals surface area contributed by atoms with Gasteiger partial charge in [0.25, 0.3) is 5.91 Å². The molecule has 0 radical (unpaired) electrons. The van der Waals surface area contributed by atoms with Crippen LogP contribution in [0.3, 0.4) is 0 Å². The van der Waals surface area contributed by atoms with Gasteiger partial charge < -0.3 is 10.4 Å². The van der Waals surface area contributed by atoms with Crippen LogP contribution in [-0.4, -0.2) is 27.8 Å². The molecule has 2 aromatic rings. The number of hydrogen-bond acceptors (Lipinski definition) is 4. The molecule has 2 N–H and O–H groups in total. The van der Waals surface area contributed by atoms with Crippen molar-refractivity contribution in [3.63, 3.8) is 0 Å². The molecule has 0 saturated heterocycles. The highest BCUT2D eigenvalue weighted by Crippen LogP contribution is 2.13. The molecule has 0 aliphatic heterocycles. The monoisotopic (exact) mass is 284 g/mol. The van der Waals surface area contributed by atoms with Gasteiger partial charge in [-0.2, -0.15) is 0 Å². The summed E-state index contributed by atoms with van der Waals surface area (Å²) in [4.78, 5) is 38.0. The van der Waals surface area contributed by atoms with Crippen LogP contribution in [0, 0.1) is 0 Å². The number of aromatic carboxylic acids is 1. The fourth-order valence-corrected chi connectivity index (χ4v) is 1.75. The van der Waals surface area contributed by atoms with Crippen LogP contribution in [0.1, 0.15) is 38.0 Å². The Morgan fingerprint density at radius 2 is 1.71 bits per heavy atom. The van der Waals surface area contributed by atoms with Crippen LogP contribution in [0.5, 0.6) is 0 Å². The van der Waals surface area contributed by atoms with Gasteiger partial charge in [0, 0.05) is 23.6 Å². The van der Waals surface area contributed by atoms with Crippen LogP contribution in [0.15, 0.2) is 42.7 Å². The highest BCUT2D eigenvalue weighted by atomic mass is 16.4. The van der Waals surface area contributed by atoms with E-state index in [1.54, 1.807) is 24.3 Å². The molecule has 1 heterocycles. The third-order valence-corrected chi connectivity index (χ3v) is 2.85. The molecule has 1 aromatic heterocycles. The summed E-state index contributed by atoms with van der Waals surface area (Å²) >= 11 is 0. The molecule has 1 amide bonds. The largest absolute Gasteiger partial charge is 0.478 e.